The van der Waals surface area contributed by atoms with Crippen molar-refractivity contribution in [3.05, 3.63) is 55.6 Å². The number of nitrogens with two attached hydrogens (primary N) is 1. The van der Waals surface area contributed by atoms with Crippen LogP contribution in [0.5, 0.6) is 0 Å². The molecule has 8 heteroatoms. The number of alkyl halides is 1. The van der Waals surface area contributed by atoms with Gasteiger partial charge in [-0.05, 0) is 0 Å². The first-order valence-corrected chi connectivity index (χ1v) is 12.7. The number of hydrogen-bond acceptors (Lipinski definition) is 5. The second-order valence-corrected chi connectivity index (χ2v) is 10.6. The zero-order valence-electron chi connectivity index (χ0n) is 14.3. The van der Waals surface area contributed by atoms with Crippen LogP contribution in [0, 0.1) is 0 Å². The molecule has 0 amide bonds. The van der Waals surface area contributed by atoms with Gasteiger partial charge in [0.1, 0.15) is 0 Å². The van der Waals surface area contributed by atoms with Crippen LogP contribution in [0.15, 0.2) is 38.6 Å². The molecule has 7 nitrogen and oxygen atoms in total. The van der Waals surface area contributed by atoms with E-state index >= 15 is 0 Å². The number of imidazole rings is 1. The maximum atomic E-state index is 11.0. The number of anilines is 1. The van der Waals surface area contributed by atoms with Crippen LogP contribution in [0.1, 0.15) is 21.7 Å². The number of benzene rings is 1. The van der Waals surface area contributed by atoms with Gasteiger partial charge in [-0.3, -0.25) is 0 Å². The van der Waals surface area contributed by atoms with E-state index in [1.807, 2.05) is 6.08 Å². The fraction of sp³-hybridized carbons (Fsp3) is 0.0526. The van der Waals surface area contributed by atoms with Crippen LogP contribution < -0.4 is 5.73 Å². The zero-order chi connectivity index (χ0) is 19.0. The average molecular weight is 473 g/mol. The number of aromatic nitrogens is 4. The molecule has 0 saturated carbocycles. The summed E-state index contributed by atoms with van der Waals surface area (Å²) in [6.45, 7) is 0. The van der Waals surface area contributed by atoms with Gasteiger partial charge in [0.15, 0.2) is 0 Å². The molecule has 0 unspecified atom stereocenters. The minimum atomic E-state index is -1.14. The molecule has 1 aliphatic rings. The second kappa shape index (κ2) is 6.95. The van der Waals surface area contributed by atoms with Crippen molar-refractivity contribution in [2.75, 3.05) is 10.7 Å². The maximum absolute atomic E-state index is 11.0. The van der Waals surface area contributed by atoms with Crippen LogP contribution in [0.2, 0.25) is 0 Å². The number of carbonyl (C=O) groups is 1. The predicted octanol–water partition coefficient (Wildman–Crippen LogP) is 3.91. The number of H-pyrrole nitrogens is 1. The van der Waals surface area contributed by atoms with Crippen molar-refractivity contribution in [3.63, 3.8) is 0 Å². The summed E-state index contributed by atoms with van der Waals surface area (Å²) in [4.78, 5) is 30.0. The fourth-order valence-corrected chi connectivity index (χ4v) is 4.70. The topological polar surface area (TPSA) is 118 Å². The molecule has 4 rings (SSSR count). The molecular formula is C19H16IN5O2. The van der Waals surface area contributed by atoms with Crippen molar-refractivity contribution in [2.45, 2.75) is 0 Å². The van der Waals surface area contributed by atoms with Gasteiger partial charge in [-0.2, -0.15) is 0 Å². The predicted molar refractivity (Wildman–Crippen MR) is 114 cm³/mol. The first-order valence-electron chi connectivity index (χ1n) is 8.01. The summed E-state index contributed by atoms with van der Waals surface area (Å²) in [6.07, 6.45) is 5.67. The van der Waals surface area contributed by atoms with Crippen LogP contribution in [-0.4, -0.2) is 35.9 Å². The van der Waals surface area contributed by atoms with Crippen LogP contribution in [0.3, 0.4) is 0 Å². The number of halogens is 1. The first-order chi connectivity index (χ1) is 13.0. The van der Waals surface area contributed by atoms with Crippen molar-refractivity contribution in [1.82, 2.24) is 19.9 Å². The SMILES string of the molecule is CI1C=Cc2nc(-c3nc(-c4ccc(C(=O)O)cc4)cnc3N)[nH]c2C=C1. The van der Waals surface area contributed by atoms with Crippen molar-refractivity contribution in [3.8, 4) is 22.8 Å². The summed E-state index contributed by atoms with van der Waals surface area (Å²) in [5.41, 5.74) is 9.86. The van der Waals surface area contributed by atoms with E-state index in [4.69, 9.17) is 10.8 Å². The van der Waals surface area contributed by atoms with Gasteiger partial charge in [-0.15, -0.1) is 0 Å². The molecule has 0 radical (unpaired) electrons. The van der Waals surface area contributed by atoms with Gasteiger partial charge in [0, 0.05) is 0 Å². The Kier molecular flexibility index (Phi) is 4.48. The van der Waals surface area contributed by atoms with Crippen molar-refractivity contribution in [2.24, 2.45) is 0 Å². The third kappa shape index (κ3) is 3.47. The molecule has 0 spiro atoms. The second-order valence-electron chi connectivity index (χ2n) is 5.90. The third-order valence-corrected chi connectivity index (χ3v) is 7.05. The van der Waals surface area contributed by atoms with E-state index in [9.17, 15) is 4.79 Å². The third-order valence-electron chi connectivity index (χ3n) is 4.06. The van der Waals surface area contributed by atoms with E-state index in [0.29, 0.717) is 17.2 Å². The summed E-state index contributed by atoms with van der Waals surface area (Å²) >= 11 is -1.14. The average Bonchev–Trinajstić information content (AvgIpc) is 3.00. The van der Waals surface area contributed by atoms with Gasteiger partial charge < -0.3 is 5.11 Å². The zero-order valence-corrected chi connectivity index (χ0v) is 16.5. The molecule has 3 heterocycles. The Morgan fingerprint density at radius 1 is 1.15 bits per heavy atom. The summed E-state index contributed by atoms with van der Waals surface area (Å²) in [7, 11) is 0. The van der Waals surface area contributed by atoms with Gasteiger partial charge >= 0.3 is 153 Å². The first kappa shape index (κ1) is 17.4. The molecule has 0 fully saturated rings. The molecule has 1 aliphatic heterocycles. The number of aromatic carboxylic acids is 1. The van der Waals surface area contributed by atoms with E-state index in [0.717, 1.165) is 17.0 Å². The Labute approximate surface area is 162 Å². The van der Waals surface area contributed by atoms with Crippen molar-refractivity contribution < 1.29 is 9.90 Å². The van der Waals surface area contributed by atoms with Crippen molar-refractivity contribution >= 4 is 43.8 Å². The number of hydrogen-bond donors (Lipinski definition) is 3. The number of carboxylic acid groups (broad SMARTS) is 1. The summed E-state index contributed by atoms with van der Waals surface area (Å²) in [5, 5.41) is 9.03. The number of aromatic amines is 1. The molecule has 136 valence electrons. The molecule has 0 saturated heterocycles. The Hall–Kier alpha value is -3.01. The number of nitrogen functional groups attached to an aromatic ring is 1. The molecule has 0 atom stereocenters. The van der Waals surface area contributed by atoms with Gasteiger partial charge in [-0.1, -0.05) is 0 Å². The molecule has 0 bridgehead atoms. The number of carboxylic acids is 1. The molecule has 2 aromatic heterocycles. The Balaban J connectivity index is 1.74. The minimum absolute atomic E-state index is 0.217. The van der Waals surface area contributed by atoms with Crippen LogP contribution >= 0.6 is 19.8 Å². The molecular weight excluding hydrogens is 457 g/mol. The van der Waals surface area contributed by atoms with Gasteiger partial charge in [0.25, 0.3) is 0 Å². The normalized spacial score (nSPS) is 14.0. The molecule has 1 aromatic carbocycles. The van der Waals surface area contributed by atoms with E-state index in [2.05, 4.69) is 39.1 Å². The van der Waals surface area contributed by atoms with Gasteiger partial charge in [0.05, 0.1) is 0 Å². The van der Waals surface area contributed by atoms with Crippen molar-refractivity contribution in [1.29, 1.82) is 0 Å². The Morgan fingerprint density at radius 2 is 1.89 bits per heavy atom. The van der Waals surface area contributed by atoms with Crippen LogP contribution in [0.25, 0.3) is 34.9 Å². The molecule has 3 aromatic rings. The fourth-order valence-electron chi connectivity index (χ4n) is 2.63. The van der Waals surface area contributed by atoms with E-state index in [1.54, 1.807) is 18.3 Å². The number of fused-ring (bicyclic) bond motifs is 1. The molecule has 0 aliphatic carbocycles. The van der Waals surface area contributed by atoms with Gasteiger partial charge in [-0.25, -0.2) is 4.79 Å². The Bertz CT molecular complexity index is 1050. The van der Waals surface area contributed by atoms with Gasteiger partial charge in [0.2, 0.25) is 0 Å². The Morgan fingerprint density at radius 3 is 2.63 bits per heavy atom. The van der Waals surface area contributed by atoms with E-state index in [-0.39, 0.29) is 11.4 Å². The summed E-state index contributed by atoms with van der Waals surface area (Å²) < 4.78 is 4.47. The summed E-state index contributed by atoms with van der Waals surface area (Å²) in [6, 6.07) is 6.46. The number of nitrogens with one attached hydrogen (secondary N) is 1. The molecule has 27 heavy (non-hydrogen) atoms. The molecule has 4 N–H and O–H groups in total. The number of rotatable bonds is 3. The van der Waals surface area contributed by atoms with Crippen LogP contribution in [-0.2, 0) is 0 Å². The summed E-state index contributed by atoms with van der Waals surface area (Å²) in [5.74, 6) is -0.134. The van der Waals surface area contributed by atoms with E-state index in [1.165, 1.54) is 12.1 Å². The van der Waals surface area contributed by atoms with E-state index < -0.39 is 25.8 Å². The standard InChI is InChI=1S/C19H16IN5O2/c1-20-8-6-13-14(7-9-20)25-18(24-13)16-17(21)22-10-15(23-16)11-2-4-12(5-3-11)19(26)27/h2-10H,1H3,(H2,21,22)(H,24,25)(H,26,27). The quantitative estimate of drug-likeness (QED) is 0.392. The number of nitrogens with zero attached hydrogens (tertiary/aromatic N) is 3. The van der Waals surface area contributed by atoms with Crippen LogP contribution in [0.4, 0.5) is 5.82 Å². The monoisotopic (exact) mass is 473 g/mol.